The fourth-order valence-electron chi connectivity index (χ4n) is 1.66. The molecule has 1 aromatic carbocycles. The second-order valence-corrected chi connectivity index (χ2v) is 4.03. The van der Waals surface area contributed by atoms with E-state index in [0.29, 0.717) is 0 Å². The summed E-state index contributed by atoms with van der Waals surface area (Å²) in [6, 6.07) is 7.19. The van der Waals surface area contributed by atoms with Gasteiger partial charge in [-0.05, 0) is 31.4 Å². The first-order chi connectivity index (χ1) is 7.74. The van der Waals surface area contributed by atoms with E-state index in [9.17, 15) is 10.2 Å². The van der Waals surface area contributed by atoms with Crippen LogP contribution in [0.15, 0.2) is 24.3 Å². The summed E-state index contributed by atoms with van der Waals surface area (Å²) in [5, 5.41) is 22.2. The van der Waals surface area contributed by atoms with Crippen LogP contribution in [0.25, 0.3) is 0 Å². The number of anilines is 1. The Balaban J connectivity index is 2.19. The molecule has 0 radical (unpaired) electrons. The van der Waals surface area contributed by atoms with Gasteiger partial charge in [0.25, 0.3) is 0 Å². The Hall–Kier alpha value is -1.22. The van der Waals surface area contributed by atoms with Gasteiger partial charge in [-0.15, -0.1) is 0 Å². The summed E-state index contributed by atoms with van der Waals surface area (Å²) in [6.45, 7) is 2.85. The van der Waals surface area contributed by atoms with Gasteiger partial charge in [0.1, 0.15) is 5.75 Å². The average Bonchev–Trinajstić information content (AvgIpc) is 2.27. The predicted octanol–water partition coefficient (Wildman–Crippen LogP) is 2.75. The maximum atomic E-state index is 9.52. The zero-order valence-corrected chi connectivity index (χ0v) is 9.82. The van der Waals surface area contributed by atoms with Crippen molar-refractivity contribution in [1.29, 1.82) is 0 Å². The average molecular weight is 223 g/mol. The van der Waals surface area contributed by atoms with Gasteiger partial charge in [-0.2, -0.15) is 0 Å². The number of nitrogens with one attached hydrogen (secondary N) is 1. The molecule has 3 N–H and O–H groups in total. The highest BCUT2D eigenvalue weighted by atomic mass is 16.3. The van der Waals surface area contributed by atoms with E-state index in [1.165, 1.54) is 0 Å². The lowest BCUT2D eigenvalue weighted by Crippen LogP contribution is -2.09. The summed E-state index contributed by atoms with van der Waals surface area (Å²) in [4.78, 5) is 0. The number of aliphatic hydroxyl groups is 1. The van der Waals surface area contributed by atoms with Crippen molar-refractivity contribution in [3.05, 3.63) is 24.3 Å². The minimum Gasteiger partial charge on any atom is -0.506 e. The van der Waals surface area contributed by atoms with Gasteiger partial charge in [-0.25, -0.2) is 0 Å². The molecular formula is C13H21NO2. The maximum Gasteiger partial charge on any atom is 0.138 e. The Morgan fingerprint density at radius 3 is 2.69 bits per heavy atom. The molecule has 0 saturated heterocycles. The van der Waals surface area contributed by atoms with E-state index in [1.54, 1.807) is 12.1 Å². The lowest BCUT2D eigenvalue weighted by Gasteiger charge is -2.10. The topological polar surface area (TPSA) is 52.5 Å². The number of para-hydroxylation sites is 2. The molecule has 0 fully saturated rings. The standard InChI is InChI=1S/C13H21NO2/c1-2-6-11(15)7-5-10-14-12-8-3-4-9-13(12)16/h3-4,8-9,11,14-16H,2,5-7,10H2,1H3. The third-order valence-corrected chi connectivity index (χ3v) is 2.56. The molecule has 16 heavy (non-hydrogen) atoms. The van der Waals surface area contributed by atoms with Gasteiger partial charge in [-0.1, -0.05) is 25.5 Å². The summed E-state index contributed by atoms with van der Waals surface area (Å²) < 4.78 is 0. The van der Waals surface area contributed by atoms with E-state index >= 15 is 0 Å². The van der Waals surface area contributed by atoms with Gasteiger partial charge in [0.15, 0.2) is 0 Å². The van der Waals surface area contributed by atoms with Crippen molar-refractivity contribution in [1.82, 2.24) is 0 Å². The van der Waals surface area contributed by atoms with Gasteiger partial charge in [-0.3, -0.25) is 0 Å². The van der Waals surface area contributed by atoms with E-state index in [0.717, 1.165) is 37.9 Å². The summed E-state index contributed by atoms with van der Waals surface area (Å²) in [7, 11) is 0. The Morgan fingerprint density at radius 2 is 2.00 bits per heavy atom. The van der Waals surface area contributed by atoms with Crippen LogP contribution in [0.3, 0.4) is 0 Å². The molecule has 3 heteroatoms. The number of aliphatic hydroxyl groups excluding tert-OH is 1. The molecule has 0 heterocycles. The minimum absolute atomic E-state index is 0.184. The monoisotopic (exact) mass is 223 g/mol. The zero-order valence-electron chi connectivity index (χ0n) is 9.82. The molecule has 1 atom stereocenters. The summed E-state index contributed by atoms with van der Waals surface area (Å²) >= 11 is 0. The lowest BCUT2D eigenvalue weighted by atomic mass is 10.1. The van der Waals surface area contributed by atoms with E-state index in [2.05, 4.69) is 12.2 Å². The second kappa shape index (κ2) is 7.12. The van der Waals surface area contributed by atoms with Crippen LogP contribution in [0.4, 0.5) is 5.69 Å². The van der Waals surface area contributed by atoms with Crippen LogP contribution in [0.1, 0.15) is 32.6 Å². The number of aromatic hydroxyl groups is 1. The van der Waals surface area contributed by atoms with E-state index in [-0.39, 0.29) is 11.9 Å². The van der Waals surface area contributed by atoms with Crippen molar-refractivity contribution in [3.8, 4) is 5.75 Å². The molecule has 3 nitrogen and oxygen atoms in total. The Morgan fingerprint density at radius 1 is 1.25 bits per heavy atom. The van der Waals surface area contributed by atoms with Gasteiger partial charge >= 0.3 is 0 Å². The van der Waals surface area contributed by atoms with Crippen LogP contribution < -0.4 is 5.32 Å². The Bertz CT molecular complexity index is 302. The number of rotatable bonds is 7. The van der Waals surface area contributed by atoms with Crippen LogP contribution in [-0.2, 0) is 0 Å². The van der Waals surface area contributed by atoms with E-state index in [4.69, 9.17) is 0 Å². The first kappa shape index (κ1) is 12.8. The zero-order chi connectivity index (χ0) is 11.8. The van der Waals surface area contributed by atoms with Crippen LogP contribution in [-0.4, -0.2) is 22.9 Å². The van der Waals surface area contributed by atoms with Gasteiger partial charge in [0.2, 0.25) is 0 Å². The molecule has 0 aliphatic heterocycles. The van der Waals surface area contributed by atoms with Crippen molar-refractivity contribution >= 4 is 5.69 Å². The number of phenols is 1. The lowest BCUT2D eigenvalue weighted by molar-refractivity contribution is 0.152. The van der Waals surface area contributed by atoms with E-state index in [1.807, 2.05) is 12.1 Å². The van der Waals surface area contributed by atoms with Gasteiger partial charge in [0, 0.05) is 6.54 Å². The molecule has 1 unspecified atom stereocenters. The van der Waals surface area contributed by atoms with Crippen LogP contribution in [0, 0.1) is 0 Å². The molecule has 1 rings (SSSR count). The highest BCUT2D eigenvalue weighted by Crippen LogP contribution is 2.21. The minimum atomic E-state index is -0.184. The molecular weight excluding hydrogens is 202 g/mol. The highest BCUT2D eigenvalue weighted by molar-refractivity contribution is 5.54. The normalized spacial score (nSPS) is 12.4. The largest absolute Gasteiger partial charge is 0.506 e. The number of hydrogen-bond donors (Lipinski definition) is 3. The van der Waals surface area contributed by atoms with Crippen molar-refractivity contribution in [2.24, 2.45) is 0 Å². The molecule has 0 aliphatic carbocycles. The smallest absolute Gasteiger partial charge is 0.138 e. The first-order valence-electron chi connectivity index (χ1n) is 5.94. The SMILES string of the molecule is CCCC(O)CCCNc1ccccc1O. The fraction of sp³-hybridized carbons (Fsp3) is 0.538. The van der Waals surface area contributed by atoms with E-state index < -0.39 is 0 Å². The first-order valence-corrected chi connectivity index (χ1v) is 5.94. The van der Waals surface area contributed by atoms with Crippen molar-refractivity contribution < 1.29 is 10.2 Å². The third kappa shape index (κ3) is 4.53. The maximum absolute atomic E-state index is 9.52. The number of phenolic OH excluding ortho intramolecular Hbond substituents is 1. The van der Waals surface area contributed by atoms with Crippen LogP contribution in [0.2, 0.25) is 0 Å². The molecule has 90 valence electrons. The highest BCUT2D eigenvalue weighted by Gasteiger charge is 2.02. The van der Waals surface area contributed by atoms with Gasteiger partial charge in [0.05, 0.1) is 11.8 Å². The molecule has 0 saturated carbocycles. The van der Waals surface area contributed by atoms with Crippen LogP contribution in [0.5, 0.6) is 5.75 Å². The Labute approximate surface area is 97.1 Å². The summed E-state index contributed by atoms with van der Waals surface area (Å²) in [5.74, 6) is 0.275. The van der Waals surface area contributed by atoms with Crippen molar-refractivity contribution in [3.63, 3.8) is 0 Å². The molecule has 0 aromatic heterocycles. The quantitative estimate of drug-likeness (QED) is 0.492. The summed E-state index contributed by atoms with van der Waals surface area (Å²) in [6.07, 6.45) is 3.44. The van der Waals surface area contributed by atoms with Gasteiger partial charge < -0.3 is 15.5 Å². The molecule has 1 aromatic rings. The number of benzene rings is 1. The third-order valence-electron chi connectivity index (χ3n) is 2.56. The fourth-order valence-corrected chi connectivity index (χ4v) is 1.66. The second-order valence-electron chi connectivity index (χ2n) is 4.03. The van der Waals surface area contributed by atoms with Crippen LogP contribution >= 0.6 is 0 Å². The van der Waals surface area contributed by atoms with Crippen molar-refractivity contribution in [2.75, 3.05) is 11.9 Å². The summed E-state index contributed by atoms with van der Waals surface area (Å²) in [5.41, 5.74) is 0.757. The predicted molar refractivity (Wildman–Crippen MR) is 66.7 cm³/mol. The molecule has 0 spiro atoms. The number of hydrogen-bond acceptors (Lipinski definition) is 3. The molecule has 0 bridgehead atoms. The molecule has 0 amide bonds. The van der Waals surface area contributed by atoms with Crippen molar-refractivity contribution in [2.45, 2.75) is 38.7 Å². The molecule has 0 aliphatic rings. The Kier molecular flexibility index (Phi) is 5.72.